The van der Waals surface area contributed by atoms with Crippen LogP contribution in [-0.2, 0) is 14.3 Å². The van der Waals surface area contributed by atoms with Crippen molar-refractivity contribution in [3.63, 3.8) is 0 Å². The molecule has 0 spiro atoms. The third-order valence-electron chi connectivity index (χ3n) is 7.08. The summed E-state index contributed by atoms with van der Waals surface area (Å²) in [7, 11) is 1.41. The normalized spacial score (nSPS) is 15.1. The maximum Gasteiger partial charge on any atom is 0.337 e. The molecule has 5 nitrogen and oxygen atoms in total. The minimum absolute atomic E-state index is 0.217. The van der Waals surface area contributed by atoms with Crippen LogP contribution in [0.4, 0.5) is 11.4 Å². The van der Waals surface area contributed by atoms with E-state index in [-0.39, 0.29) is 11.9 Å². The number of anilines is 2. The number of ether oxygens (including phenoxy) is 2. The molecular formula is C33H49BrN2O3. The molecule has 0 saturated carbocycles. The van der Waals surface area contributed by atoms with E-state index in [1.165, 1.54) is 12.7 Å². The van der Waals surface area contributed by atoms with Gasteiger partial charge in [-0.05, 0) is 88.3 Å². The third kappa shape index (κ3) is 11.5. The Hall–Kier alpha value is -2.73. The molecule has 1 aromatic rings. The largest absolute Gasteiger partial charge is 0.497 e. The second-order valence-corrected chi connectivity index (χ2v) is 11.2. The summed E-state index contributed by atoms with van der Waals surface area (Å²) in [5.74, 6) is 1.23. The fourth-order valence-corrected chi connectivity index (χ4v) is 4.39. The monoisotopic (exact) mass is 600 g/mol. The van der Waals surface area contributed by atoms with Gasteiger partial charge in [-0.15, -0.1) is 0 Å². The van der Waals surface area contributed by atoms with Crippen molar-refractivity contribution in [1.29, 1.82) is 0 Å². The van der Waals surface area contributed by atoms with Crippen molar-refractivity contribution < 1.29 is 14.3 Å². The summed E-state index contributed by atoms with van der Waals surface area (Å²) in [4.78, 5) is 12.6. The number of carbonyl (C=O) groups is 1. The highest BCUT2D eigenvalue weighted by molar-refractivity contribution is 9.10. The molecule has 39 heavy (non-hydrogen) atoms. The number of nitrogens with two attached hydrogens (primary N) is 1. The quantitative estimate of drug-likeness (QED) is 0.0494. The SMILES string of the molecule is C=CC(=C(/OCCCC(C)CNc1cc(Br)ccc1N)C(C)CC)/C(C)=C/C(=C\C(C)=C(/C)CC)C(=O)OC. The first-order valence-electron chi connectivity index (χ1n) is 13.9. The molecule has 6 heteroatoms. The topological polar surface area (TPSA) is 73.6 Å². The molecule has 0 aliphatic heterocycles. The van der Waals surface area contributed by atoms with Gasteiger partial charge in [-0.25, -0.2) is 4.79 Å². The van der Waals surface area contributed by atoms with Crippen LogP contribution in [-0.4, -0.2) is 26.2 Å². The molecular weight excluding hydrogens is 552 g/mol. The van der Waals surface area contributed by atoms with Gasteiger partial charge in [-0.2, -0.15) is 0 Å². The van der Waals surface area contributed by atoms with Gasteiger partial charge in [0, 0.05) is 22.5 Å². The summed E-state index contributed by atoms with van der Waals surface area (Å²) >= 11 is 3.50. The van der Waals surface area contributed by atoms with E-state index in [0.717, 1.165) is 70.6 Å². The molecule has 0 aromatic heterocycles. The minimum atomic E-state index is -0.362. The summed E-state index contributed by atoms with van der Waals surface area (Å²) < 4.78 is 12.5. The van der Waals surface area contributed by atoms with Crippen molar-refractivity contribution in [3.8, 4) is 0 Å². The Kier molecular flexibility index (Phi) is 15.6. The fourth-order valence-electron chi connectivity index (χ4n) is 4.03. The van der Waals surface area contributed by atoms with Crippen LogP contribution in [0.3, 0.4) is 0 Å². The van der Waals surface area contributed by atoms with Crippen molar-refractivity contribution in [1.82, 2.24) is 0 Å². The Morgan fingerprint density at radius 3 is 2.46 bits per heavy atom. The number of esters is 1. The Morgan fingerprint density at radius 1 is 1.18 bits per heavy atom. The van der Waals surface area contributed by atoms with Crippen LogP contribution in [0, 0.1) is 11.8 Å². The first-order valence-corrected chi connectivity index (χ1v) is 14.7. The van der Waals surface area contributed by atoms with Crippen molar-refractivity contribution in [3.05, 3.63) is 81.1 Å². The lowest BCUT2D eigenvalue weighted by atomic mass is 9.95. The number of carbonyl (C=O) groups excluding carboxylic acids is 1. The van der Waals surface area contributed by atoms with Gasteiger partial charge in [-0.1, -0.05) is 67.4 Å². The van der Waals surface area contributed by atoms with E-state index in [1.807, 2.05) is 50.3 Å². The average Bonchev–Trinajstić information content (AvgIpc) is 2.93. The number of benzene rings is 1. The van der Waals surface area contributed by atoms with E-state index in [2.05, 4.69) is 62.4 Å². The maximum absolute atomic E-state index is 12.6. The van der Waals surface area contributed by atoms with Crippen LogP contribution in [0.5, 0.6) is 0 Å². The van der Waals surface area contributed by atoms with E-state index in [0.29, 0.717) is 18.1 Å². The van der Waals surface area contributed by atoms with Gasteiger partial charge in [0.2, 0.25) is 0 Å². The molecule has 1 rings (SSSR count). The number of nitrogens with one attached hydrogen (secondary N) is 1. The number of allylic oxidation sites excluding steroid dienone is 7. The van der Waals surface area contributed by atoms with Crippen molar-refractivity contribution in [2.45, 2.75) is 74.1 Å². The lowest BCUT2D eigenvalue weighted by Crippen LogP contribution is -2.14. The molecule has 0 bridgehead atoms. The molecule has 0 aliphatic rings. The van der Waals surface area contributed by atoms with Crippen LogP contribution in [0.15, 0.2) is 81.1 Å². The Morgan fingerprint density at radius 2 is 1.87 bits per heavy atom. The van der Waals surface area contributed by atoms with Gasteiger partial charge < -0.3 is 20.5 Å². The van der Waals surface area contributed by atoms with E-state index < -0.39 is 0 Å². The lowest BCUT2D eigenvalue weighted by molar-refractivity contribution is -0.135. The highest BCUT2D eigenvalue weighted by Crippen LogP contribution is 2.28. The van der Waals surface area contributed by atoms with Gasteiger partial charge in [0.25, 0.3) is 0 Å². The number of methoxy groups -OCH3 is 1. The Bertz CT molecular complexity index is 1100. The van der Waals surface area contributed by atoms with Gasteiger partial charge >= 0.3 is 5.97 Å². The zero-order valence-corrected chi connectivity index (χ0v) is 26.8. The highest BCUT2D eigenvalue weighted by atomic mass is 79.9. The zero-order valence-electron chi connectivity index (χ0n) is 25.2. The number of hydrogen-bond donors (Lipinski definition) is 2. The molecule has 1 aromatic carbocycles. The highest BCUT2D eigenvalue weighted by Gasteiger charge is 2.17. The van der Waals surface area contributed by atoms with E-state index in [4.69, 9.17) is 15.2 Å². The Labute approximate surface area is 245 Å². The number of hydrogen-bond acceptors (Lipinski definition) is 5. The molecule has 0 amide bonds. The summed E-state index contributed by atoms with van der Waals surface area (Å²) in [6, 6.07) is 5.84. The number of rotatable bonds is 16. The van der Waals surface area contributed by atoms with Crippen LogP contribution < -0.4 is 11.1 Å². The molecule has 0 radical (unpaired) electrons. The summed E-state index contributed by atoms with van der Waals surface area (Å²) in [5.41, 5.74) is 12.4. The predicted octanol–water partition coefficient (Wildman–Crippen LogP) is 9.15. The summed E-state index contributed by atoms with van der Waals surface area (Å²) in [5, 5.41) is 3.46. The van der Waals surface area contributed by atoms with Crippen LogP contribution in [0.25, 0.3) is 0 Å². The average molecular weight is 602 g/mol. The standard InChI is InChI=1S/C33H49BrN2O3/c1-10-23(5)25(7)18-27(33(37)38-9)19-26(8)29(12-3)32(24(6)11-2)39-17-13-14-22(4)21-36-31-20-28(34)15-16-30(31)35/h12,15-16,18-20,22,24,36H,3,10-11,13-14,17,21,35H2,1-2,4-9H3/b25-23+,26-19+,27-18+,32-29-. The zero-order chi connectivity index (χ0) is 29.5. The van der Waals surface area contributed by atoms with E-state index >= 15 is 0 Å². The van der Waals surface area contributed by atoms with Crippen molar-refractivity contribution >= 4 is 33.3 Å². The van der Waals surface area contributed by atoms with Gasteiger partial charge in [-0.3, -0.25) is 0 Å². The fraction of sp³-hybridized carbons (Fsp3) is 0.485. The molecule has 0 heterocycles. The molecule has 2 atom stereocenters. The first kappa shape index (κ1) is 34.3. The van der Waals surface area contributed by atoms with Gasteiger partial charge in [0.05, 0.1) is 30.7 Å². The molecule has 3 N–H and O–H groups in total. The predicted molar refractivity (Wildman–Crippen MR) is 171 cm³/mol. The van der Waals surface area contributed by atoms with Crippen LogP contribution in [0.1, 0.15) is 74.1 Å². The second kappa shape index (κ2) is 17.8. The minimum Gasteiger partial charge on any atom is -0.497 e. The Balaban J connectivity index is 3.03. The van der Waals surface area contributed by atoms with Gasteiger partial charge in [0.1, 0.15) is 5.76 Å². The molecule has 0 saturated heterocycles. The molecule has 0 aliphatic carbocycles. The summed E-state index contributed by atoms with van der Waals surface area (Å²) in [6.07, 6.45) is 9.42. The lowest BCUT2D eigenvalue weighted by Gasteiger charge is -2.21. The van der Waals surface area contributed by atoms with Gasteiger partial charge in [0.15, 0.2) is 0 Å². The molecule has 2 unspecified atom stereocenters. The smallest absolute Gasteiger partial charge is 0.337 e. The first-order chi connectivity index (χ1) is 18.5. The second-order valence-electron chi connectivity index (χ2n) is 10.2. The van der Waals surface area contributed by atoms with Crippen LogP contribution in [0.2, 0.25) is 0 Å². The number of halogens is 1. The van der Waals surface area contributed by atoms with Crippen molar-refractivity contribution in [2.24, 2.45) is 11.8 Å². The van der Waals surface area contributed by atoms with Crippen LogP contribution >= 0.6 is 15.9 Å². The number of nitrogen functional groups attached to an aromatic ring is 1. The third-order valence-corrected chi connectivity index (χ3v) is 7.57. The molecule has 216 valence electrons. The molecule has 0 fully saturated rings. The van der Waals surface area contributed by atoms with E-state index in [1.54, 1.807) is 0 Å². The maximum atomic E-state index is 12.6. The van der Waals surface area contributed by atoms with E-state index in [9.17, 15) is 4.79 Å². The van der Waals surface area contributed by atoms with Crippen molar-refractivity contribution in [2.75, 3.05) is 31.3 Å². The summed E-state index contributed by atoms with van der Waals surface area (Å²) in [6.45, 7) is 20.3.